The van der Waals surface area contributed by atoms with Crippen molar-refractivity contribution in [1.29, 1.82) is 5.26 Å². The van der Waals surface area contributed by atoms with Crippen LogP contribution < -0.4 is 10.1 Å². The van der Waals surface area contributed by atoms with Gasteiger partial charge in [0.2, 0.25) is 0 Å². The highest BCUT2D eigenvalue weighted by Crippen LogP contribution is 2.19. The molecule has 0 atom stereocenters. The number of hydrogen-bond donors (Lipinski definition) is 1. The molecule has 4 heteroatoms. The summed E-state index contributed by atoms with van der Waals surface area (Å²) in [6, 6.07) is 9.58. The fourth-order valence-electron chi connectivity index (χ4n) is 1.68. The Kier molecular flexibility index (Phi) is 4.00. The van der Waals surface area contributed by atoms with Crippen LogP contribution in [0, 0.1) is 11.3 Å². The Morgan fingerprint density at radius 3 is 2.78 bits per heavy atom. The van der Waals surface area contributed by atoms with E-state index in [-0.39, 0.29) is 0 Å². The molecule has 0 amide bonds. The number of nitrogens with zero attached hydrogens (tertiary/aromatic N) is 1. The number of methoxy groups -OCH3 is 1. The van der Waals surface area contributed by atoms with E-state index in [1.807, 2.05) is 18.2 Å². The molecule has 0 saturated heterocycles. The third kappa shape index (κ3) is 2.90. The second-order valence-electron chi connectivity index (χ2n) is 3.88. The van der Waals surface area contributed by atoms with Crippen molar-refractivity contribution in [2.45, 2.75) is 13.1 Å². The highest BCUT2D eigenvalue weighted by atomic mass is 16.5. The lowest BCUT2D eigenvalue weighted by Crippen LogP contribution is -2.12. The molecule has 0 spiro atoms. The van der Waals surface area contributed by atoms with Gasteiger partial charge < -0.3 is 14.5 Å². The molecule has 0 aliphatic heterocycles. The predicted octanol–water partition coefficient (Wildman–Crippen LogP) is 2.45. The fraction of sp³-hybridized carbons (Fsp3) is 0.214. The van der Waals surface area contributed by atoms with Crippen LogP contribution in [0.3, 0.4) is 0 Å². The molecule has 0 bridgehead atoms. The molecule has 2 rings (SSSR count). The van der Waals surface area contributed by atoms with Gasteiger partial charge in [0.05, 0.1) is 25.2 Å². The molecule has 0 radical (unpaired) electrons. The quantitative estimate of drug-likeness (QED) is 0.875. The first-order valence-corrected chi connectivity index (χ1v) is 5.62. The van der Waals surface area contributed by atoms with Crippen LogP contribution >= 0.6 is 0 Å². The van der Waals surface area contributed by atoms with E-state index < -0.39 is 0 Å². The first-order chi connectivity index (χ1) is 8.83. The van der Waals surface area contributed by atoms with E-state index in [1.165, 1.54) is 0 Å². The molecular formula is C14H14N2O2. The van der Waals surface area contributed by atoms with Gasteiger partial charge in [-0.1, -0.05) is 6.07 Å². The van der Waals surface area contributed by atoms with Crippen molar-refractivity contribution in [1.82, 2.24) is 5.32 Å². The minimum Gasteiger partial charge on any atom is -0.495 e. The molecule has 92 valence electrons. The molecule has 18 heavy (non-hydrogen) atoms. The highest BCUT2D eigenvalue weighted by molar-refractivity contribution is 5.45. The van der Waals surface area contributed by atoms with Crippen LogP contribution in [0.25, 0.3) is 0 Å². The van der Waals surface area contributed by atoms with Gasteiger partial charge in [-0.15, -0.1) is 0 Å². The maximum Gasteiger partial charge on any atom is 0.136 e. The van der Waals surface area contributed by atoms with Crippen LogP contribution in [0.5, 0.6) is 5.75 Å². The molecule has 4 nitrogen and oxygen atoms in total. The number of ether oxygens (including phenoxy) is 1. The van der Waals surface area contributed by atoms with Crippen molar-refractivity contribution in [2.75, 3.05) is 7.11 Å². The van der Waals surface area contributed by atoms with Crippen LogP contribution in [-0.4, -0.2) is 7.11 Å². The van der Waals surface area contributed by atoms with Gasteiger partial charge in [-0.3, -0.25) is 0 Å². The highest BCUT2D eigenvalue weighted by Gasteiger charge is 2.03. The Morgan fingerprint density at radius 1 is 1.28 bits per heavy atom. The van der Waals surface area contributed by atoms with Gasteiger partial charge in [0.1, 0.15) is 11.8 Å². The first-order valence-electron chi connectivity index (χ1n) is 5.62. The third-order valence-electron chi connectivity index (χ3n) is 2.62. The molecule has 2 aromatic rings. The molecule has 1 aromatic carbocycles. The van der Waals surface area contributed by atoms with E-state index in [1.54, 1.807) is 25.7 Å². The lowest BCUT2D eigenvalue weighted by atomic mass is 10.1. The van der Waals surface area contributed by atoms with Gasteiger partial charge >= 0.3 is 0 Å². The lowest BCUT2D eigenvalue weighted by Gasteiger charge is -2.07. The van der Waals surface area contributed by atoms with Gasteiger partial charge in [-0.25, -0.2) is 0 Å². The summed E-state index contributed by atoms with van der Waals surface area (Å²) in [6.07, 6.45) is 3.37. The molecule has 0 aliphatic rings. The normalized spacial score (nSPS) is 10.0. The Balaban J connectivity index is 1.95. The minimum absolute atomic E-state index is 0.552. The topological polar surface area (TPSA) is 58.2 Å². The Morgan fingerprint density at radius 2 is 2.11 bits per heavy atom. The van der Waals surface area contributed by atoms with Crippen molar-refractivity contribution in [3.05, 3.63) is 53.5 Å². The zero-order valence-corrected chi connectivity index (χ0v) is 10.1. The van der Waals surface area contributed by atoms with Gasteiger partial charge in [-0.2, -0.15) is 5.26 Å². The summed E-state index contributed by atoms with van der Waals surface area (Å²) in [5.74, 6) is 0.611. The van der Waals surface area contributed by atoms with E-state index in [0.717, 1.165) is 17.7 Å². The minimum atomic E-state index is 0.552. The van der Waals surface area contributed by atoms with E-state index >= 15 is 0 Å². The molecular weight excluding hydrogens is 228 g/mol. The molecule has 0 saturated carbocycles. The monoisotopic (exact) mass is 242 g/mol. The van der Waals surface area contributed by atoms with Crippen molar-refractivity contribution in [2.24, 2.45) is 0 Å². The average molecular weight is 242 g/mol. The van der Waals surface area contributed by atoms with Crippen molar-refractivity contribution >= 4 is 0 Å². The van der Waals surface area contributed by atoms with E-state index in [2.05, 4.69) is 11.4 Å². The maximum atomic E-state index is 8.89. The molecule has 0 unspecified atom stereocenters. The molecule has 0 aliphatic carbocycles. The number of nitriles is 1. The summed E-state index contributed by atoms with van der Waals surface area (Å²) >= 11 is 0. The van der Waals surface area contributed by atoms with Crippen LogP contribution in [0.15, 0.2) is 41.2 Å². The Labute approximate surface area is 106 Å². The SMILES string of the molecule is COc1cc(CNCc2ccoc2)ccc1C#N. The Bertz CT molecular complexity index is 541. The zero-order valence-electron chi connectivity index (χ0n) is 10.1. The Hall–Kier alpha value is -2.25. The fourth-order valence-corrected chi connectivity index (χ4v) is 1.68. The standard InChI is InChI=1S/C14H14N2O2/c1-17-14-6-11(2-3-13(14)7-15)8-16-9-12-4-5-18-10-12/h2-6,10,16H,8-9H2,1H3. The number of rotatable bonds is 5. The molecule has 1 N–H and O–H groups in total. The summed E-state index contributed by atoms with van der Waals surface area (Å²) in [6.45, 7) is 1.46. The smallest absolute Gasteiger partial charge is 0.136 e. The van der Waals surface area contributed by atoms with Gasteiger partial charge in [0, 0.05) is 18.7 Å². The second kappa shape index (κ2) is 5.89. The van der Waals surface area contributed by atoms with E-state index in [4.69, 9.17) is 14.4 Å². The molecule has 1 heterocycles. The summed E-state index contributed by atoms with van der Waals surface area (Å²) in [5, 5.41) is 12.2. The van der Waals surface area contributed by atoms with Crippen molar-refractivity contribution < 1.29 is 9.15 Å². The second-order valence-corrected chi connectivity index (χ2v) is 3.88. The van der Waals surface area contributed by atoms with Crippen LogP contribution in [0.4, 0.5) is 0 Å². The number of nitrogens with one attached hydrogen (secondary N) is 1. The summed E-state index contributed by atoms with van der Waals surface area (Å²) in [4.78, 5) is 0. The third-order valence-corrected chi connectivity index (χ3v) is 2.62. The van der Waals surface area contributed by atoms with Gasteiger partial charge in [-0.05, 0) is 23.8 Å². The van der Waals surface area contributed by atoms with Gasteiger partial charge in [0.15, 0.2) is 0 Å². The van der Waals surface area contributed by atoms with Gasteiger partial charge in [0.25, 0.3) is 0 Å². The summed E-state index contributed by atoms with van der Waals surface area (Å²) < 4.78 is 10.2. The number of benzene rings is 1. The maximum absolute atomic E-state index is 8.89. The van der Waals surface area contributed by atoms with Crippen LogP contribution in [0.2, 0.25) is 0 Å². The number of hydrogen-bond acceptors (Lipinski definition) is 4. The van der Waals surface area contributed by atoms with Crippen molar-refractivity contribution in [3.8, 4) is 11.8 Å². The molecule has 1 aromatic heterocycles. The first kappa shape index (κ1) is 12.2. The average Bonchev–Trinajstić information content (AvgIpc) is 2.91. The van der Waals surface area contributed by atoms with Crippen molar-refractivity contribution in [3.63, 3.8) is 0 Å². The van der Waals surface area contributed by atoms with Crippen LogP contribution in [0.1, 0.15) is 16.7 Å². The summed E-state index contributed by atoms with van der Waals surface area (Å²) in [5.41, 5.74) is 2.74. The van der Waals surface area contributed by atoms with Crippen LogP contribution in [-0.2, 0) is 13.1 Å². The summed E-state index contributed by atoms with van der Waals surface area (Å²) in [7, 11) is 1.57. The predicted molar refractivity (Wildman–Crippen MR) is 67.0 cm³/mol. The lowest BCUT2D eigenvalue weighted by molar-refractivity contribution is 0.412. The molecule has 0 fully saturated rings. The number of furan rings is 1. The van der Waals surface area contributed by atoms with E-state index in [0.29, 0.717) is 17.9 Å². The van der Waals surface area contributed by atoms with E-state index in [9.17, 15) is 0 Å². The largest absolute Gasteiger partial charge is 0.495 e. The zero-order chi connectivity index (χ0) is 12.8.